The van der Waals surface area contributed by atoms with Crippen LogP contribution in [0.15, 0.2) is 109 Å². The molecule has 0 aliphatic rings. The Kier molecular flexibility index (Phi) is 5.27. The zero-order valence-corrected chi connectivity index (χ0v) is 14.9. The van der Waals surface area contributed by atoms with E-state index >= 15 is 0 Å². The van der Waals surface area contributed by atoms with Gasteiger partial charge in [-0.05, 0) is 33.4 Å². The minimum Gasteiger partial charge on any atom is -0.0622 e. The molecule has 4 rings (SSSR count). The molecule has 1 heteroatoms. The molecule has 0 saturated heterocycles. The Hall–Kier alpha value is -2.90. The minimum absolute atomic E-state index is 0. The zero-order valence-electron chi connectivity index (χ0n) is 13.9. The van der Waals surface area contributed by atoms with Gasteiger partial charge in [0.15, 0.2) is 0 Å². The summed E-state index contributed by atoms with van der Waals surface area (Å²) in [5, 5.41) is 0. The maximum atomic E-state index is 2.19. The van der Waals surface area contributed by atoms with Gasteiger partial charge in [0, 0.05) is 11.0 Å². The summed E-state index contributed by atoms with van der Waals surface area (Å²) >= 11 is 0. The van der Waals surface area contributed by atoms with Crippen molar-refractivity contribution in [2.45, 2.75) is 0 Å². The molecule has 0 amide bonds. The maximum Gasteiger partial charge on any atom is 0 e. The first-order chi connectivity index (χ1) is 11.9. The minimum atomic E-state index is 0. The molecule has 0 aliphatic heterocycles. The number of hydrogen-bond donors (Lipinski definition) is 0. The van der Waals surface area contributed by atoms with Gasteiger partial charge >= 0.3 is 0 Å². The maximum absolute atomic E-state index is 2.19. The predicted molar refractivity (Wildman–Crippen MR) is 109 cm³/mol. The molecule has 0 aliphatic carbocycles. The fourth-order valence-electron chi connectivity index (χ4n) is 2.97. The monoisotopic (exact) mass is 334 g/mol. The van der Waals surface area contributed by atoms with Gasteiger partial charge in [0.05, 0.1) is 0 Å². The van der Waals surface area contributed by atoms with Crippen LogP contribution in [0, 0.1) is 0 Å². The van der Waals surface area contributed by atoms with Crippen molar-refractivity contribution in [3.63, 3.8) is 0 Å². The van der Waals surface area contributed by atoms with Crippen LogP contribution in [0.2, 0.25) is 0 Å². The normalized spacial score (nSPS) is 10.1. The Morgan fingerprint density at radius 3 is 0.680 bits per heavy atom. The van der Waals surface area contributed by atoms with Crippen molar-refractivity contribution >= 4 is 11.0 Å². The molecule has 0 unspecified atom stereocenters. The lowest BCUT2D eigenvalue weighted by Gasteiger charge is -2.07. The lowest BCUT2D eigenvalue weighted by atomic mass is 9.98. The third-order valence-corrected chi connectivity index (χ3v) is 4.32. The van der Waals surface area contributed by atoms with Crippen LogP contribution in [-0.4, -0.2) is 11.0 Å². The molecule has 4 aromatic carbocycles. The van der Waals surface area contributed by atoms with Crippen molar-refractivity contribution < 1.29 is 0 Å². The topological polar surface area (TPSA) is 0 Å². The van der Waals surface area contributed by atoms with E-state index in [1.807, 2.05) is 12.1 Å². The van der Waals surface area contributed by atoms with Crippen LogP contribution < -0.4 is 0 Å². The number of benzene rings is 4. The van der Waals surface area contributed by atoms with Crippen LogP contribution in [0.25, 0.3) is 33.4 Å². The van der Waals surface area contributed by atoms with Crippen molar-refractivity contribution in [3.8, 4) is 33.4 Å². The molecule has 0 spiro atoms. The first kappa shape index (κ1) is 16.9. The average Bonchev–Trinajstić information content (AvgIpc) is 2.70. The molecule has 0 nitrogen and oxygen atoms in total. The molecule has 118 valence electrons. The quantitative estimate of drug-likeness (QED) is 0.385. The summed E-state index contributed by atoms with van der Waals surface area (Å²) in [6.07, 6.45) is 0. The second-order valence-electron chi connectivity index (χ2n) is 5.89. The predicted octanol–water partition coefficient (Wildman–Crippen LogP) is 6.31. The van der Waals surface area contributed by atoms with E-state index < -0.39 is 0 Å². The van der Waals surface area contributed by atoms with Crippen LogP contribution in [-0.2, 0) is 0 Å². The van der Waals surface area contributed by atoms with Gasteiger partial charge in [0.25, 0.3) is 0 Å². The number of hydrogen-bond acceptors (Lipinski definition) is 0. The lowest BCUT2D eigenvalue weighted by Crippen LogP contribution is -1.81. The molecule has 4 aromatic rings. The molecule has 25 heavy (non-hydrogen) atoms. The van der Waals surface area contributed by atoms with E-state index in [0.29, 0.717) is 0 Å². The van der Waals surface area contributed by atoms with Gasteiger partial charge in [-0.15, -0.1) is 0 Å². The highest BCUT2D eigenvalue weighted by molar-refractivity contribution is 5.75. The van der Waals surface area contributed by atoms with Crippen molar-refractivity contribution in [3.05, 3.63) is 109 Å². The molecule has 0 atom stereocenters. The van der Waals surface area contributed by atoms with Crippen molar-refractivity contribution in [2.75, 3.05) is 0 Å². The highest BCUT2D eigenvalue weighted by Gasteiger charge is 2.01. The van der Waals surface area contributed by atoms with Crippen LogP contribution in [0.3, 0.4) is 0 Å². The van der Waals surface area contributed by atoms with Gasteiger partial charge in [-0.2, -0.15) is 0 Å². The smallest absolute Gasteiger partial charge is 0 e. The van der Waals surface area contributed by atoms with Gasteiger partial charge in [0.1, 0.15) is 0 Å². The molecular weight excluding hydrogens is 316 g/mol. The van der Waals surface area contributed by atoms with Gasteiger partial charge in [-0.1, -0.05) is 109 Å². The Bertz CT molecular complexity index is 828. The molecule has 0 bridgehead atoms. The van der Waals surface area contributed by atoms with Crippen LogP contribution >= 0.6 is 0 Å². The third kappa shape index (κ3) is 3.78. The summed E-state index contributed by atoms with van der Waals surface area (Å²) < 4.78 is 0. The Morgan fingerprint density at radius 1 is 0.240 bits per heavy atom. The molecule has 0 aromatic heterocycles. The van der Waals surface area contributed by atoms with Gasteiger partial charge in [-0.3, -0.25) is 0 Å². The highest BCUT2D eigenvalue weighted by Crippen LogP contribution is 2.27. The summed E-state index contributed by atoms with van der Waals surface area (Å²) in [7, 11) is 0. The summed E-state index contributed by atoms with van der Waals surface area (Å²) in [6.45, 7) is 0. The molecule has 0 fully saturated rings. The van der Waals surface area contributed by atoms with Gasteiger partial charge < -0.3 is 0 Å². The second kappa shape index (κ2) is 7.78. The molecule has 0 saturated carbocycles. The van der Waals surface area contributed by atoms with E-state index in [1.165, 1.54) is 33.4 Å². The average molecular weight is 334 g/mol. The fraction of sp³-hybridized carbons (Fsp3) is 0. The van der Waals surface area contributed by atoms with Gasteiger partial charge in [-0.25, -0.2) is 0 Å². The van der Waals surface area contributed by atoms with Crippen LogP contribution in [0.5, 0.6) is 0 Å². The SMILES string of the molecule is [Si].c1ccc(-c2ccc(-c3ccc(-c4ccccc4)cc3)cc2)cc1. The number of rotatable bonds is 3. The Balaban J connectivity index is 0.00000182. The van der Waals surface area contributed by atoms with Gasteiger partial charge in [0.2, 0.25) is 0 Å². The lowest BCUT2D eigenvalue weighted by molar-refractivity contribution is 1.58. The van der Waals surface area contributed by atoms with E-state index in [2.05, 4.69) is 97.1 Å². The summed E-state index contributed by atoms with van der Waals surface area (Å²) in [5.41, 5.74) is 7.50. The second-order valence-corrected chi connectivity index (χ2v) is 5.89. The molecule has 4 radical (unpaired) electrons. The summed E-state index contributed by atoms with van der Waals surface area (Å²) in [5.74, 6) is 0. The molecule has 0 heterocycles. The van der Waals surface area contributed by atoms with E-state index in [0.717, 1.165) is 0 Å². The van der Waals surface area contributed by atoms with Crippen molar-refractivity contribution in [2.24, 2.45) is 0 Å². The van der Waals surface area contributed by atoms with E-state index in [9.17, 15) is 0 Å². The fourth-order valence-corrected chi connectivity index (χ4v) is 2.97. The zero-order chi connectivity index (χ0) is 16.2. The van der Waals surface area contributed by atoms with Crippen LogP contribution in [0.4, 0.5) is 0 Å². The highest BCUT2D eigenvalue weighted by atomic mass is 28.1. The summed E-state index contributed by atoms with van der Waals surface area (Å²) in [4.78, 5) is 0. The Labute approximate surface area is 153 Å². The van der Waals surface area contributed by atoms with Crippen molar-refractivity contribution in [1.29, 1.82) is 0 Å². The summed E-state index contributed by atoms with van der Waals surface area (Å²) in [6, 6.07) is 38.5. The molecule has 0 N–H and O–H groups in total. The van der Waals surface area contributed by atoms with Crippen LogP contribution in [0.1, 0.15) is 0 Å². The largest absolute Gasteiger partial charge is 0.0622 e. The standard InChI is InChI=1S/C24H18.Si/c1-3-7-19(8-4-1)21-11-15-23(16-12-21)24-17-13-22(14-18-24)20-9-5-2-6-10-20;/h1-18H;. The first-order valence-corrected chi connectivity index (χ1v) is 8.21. The first-order valence-electron chi connectivity index (χ1n) is 8.21. The Morgan fingerprint density at radius 2 is 0.440 bits per heavy atom. The van der Waals surface area contributed by atoms with Crippen molar-refractivity contribution in [1.82, 2.24) is 0 Å². The van der Waals surface area contributed by atoms with E-state index in [4.69, 9.17) is 0 Å². The third-order valence-electron chi connectivity index (χ3n) is 4.32. The van der Waals surface area contributed by atoms with E-state index in [-0.39, 0.29) is 11.0 Å². The van der Waals surface area contributed by atoms with E-state index in [1.54, 1.807) is 0 Å². The molecular formula is C24H18Si.